The third kappa shape index (κ3) is 3.65. The Balaban J connectivity index is 1.73. The molecule has 1 amide bonds. The molecule has 0 spiro atoms. The Morgan fingerprint density at radius 3 is 2.57 bits per heavy atom. The van der Waals surface area contributed by atoms with Crippen LogP contribution in [-0.4, -0.2) is 33.3 Å². The number of furan rings is 1. The van der Waals surface area contributed by atoms with Gasteiger partial charge in [0.05, 0.1) is 6.26 Å². The number of rotatable bonds is 6. The molecule has 0 radical (unpaired) electrons. The second-order valence-corrected chi connectivity index (χ2v) is 6.26. The summed E-state index contributed by atoms with van der Waals surface area (Å²) in [5, 5.41) is 12.7. The van der Waals surface area contributed by atoms with Crippen LogP contribution in [0.3, 0.4) is 0 Å². The first-order valence-corrected chi connectivity index (χ1v) is 8.42. The van der Waals surface area contributed by atoms with Crippen molar-refractivity contribution in [1.82, 2.24) is 14.9 Å². The number of hydrogen-bond donors (Lipinski definition) is 2. The first-order valence-electron chi connectivity index (χ1n) is 8.42. The van der Waals surface area contributed by atoms with Crippen LogP contribution in [0.25, 0.3) is 11.1 Å². The van der Waals surface area contributed by atoms with Crippen molar-refractivity contribution in [2.75, 3.05) is 6.54 Å². The number of carbonyl (C=O) groups excluding carboxylic acids is 1. The molecule has 3 rings (SSSR count). The number of nitrogens with zero attached hydrogens (tertiary/aromatic N) is 2. The van der Waals surface area contributed by atoms with Crippen molar-refractivity contribution in [1.29, 1.82) is 0 Å². The number of benzene rings is 1. The van der Waals surface area contributed by atoms with E-state index in [1.165, 1.54) is 25.7 Å². The van der Waals surface area contributed by atoms with Gasteiger partial charge < -0.3 is 19.4 Å². The Labute approximate surface area is 158 Å². The summed E-state index contributed by atoms with van der Waals surface area (Å²) >= 11 is 0. The summed E-state index contributed by atoms with van der Waals surface area (Å²) < 4.78 is 46.8. The molecule has 1 unspecified atom stereocenters. The van der Waals surface area contributed by atoms with E-state index in [4.69, 9.17) is 4.42 Å². The van der Waals surface area contributed by atoms with Gasteiger partial charge in [-0.15, -0.1) is 0 Å². The first-order chi connectivity index (χ1) is 13.2. The summed E-state index contributed by atoms with van der Waals surface area (Å²) in [5.74, 6) is -1.23. The van der Waals surface area contributed by atoms with Crippen molar-refractivity contribution in [3.05, 3.63) is 66.6 Å². The van der Waals surface area contributed by atoms with Gasteiger partial charge in [0.25, 0.3) is 5.91 Å². The maximum absolute atomic E-state index is 13.5. The van der Waals surface area contributed by atoms with Crippen LogP contribution in [0, 0.1) is 0 Å². The molecule has 0 aliphatic rings. The molecule has 28 heavy (non-hydrogen) atoms. The van der Waals surface area contributed by atoms with Crippen LogP contribution in [0.15, 0.2) is 59.5 Å². The Morgan fingerprint density at radius 1 is 1.25 bits per heavy atom. The van der Waals surface area contributed by atoms with Gasteiger partial charge in [0.15, 0.2) is 5.76 Å². The predicted octanol–water partition coefficient (Wildman–Crippen LogP) is 3.25. The largest absolute Gasteiger partial charge is 0.459 e. The fourth-order valence-electron chi connectivity index (χ4n) is 2.91. The van der Waals surface area contributed by atoms with Gasteiger partial charge in [0.2, 0.25) is 5.60 Å². The number of hydrogen-bond acceptors (Lipinski definition) is 4. The average molecular weight is 393 g/mol. The summed E-state index contributed by atoms with van der Waals surface area (Å²) in [4.78, 5) is 16.0. The van der Waals surface area contributed by atoms with Crippen LogP contribution < -0.4 is 5.32 Å². The minimum absolute atomic E-state index is 0.0151. The highest BCUT2D eigenvalue weighted by atomic mass is 19.4. The number of nitrogens with one attached hydrogen (secondary N) is 1. The molecule has 1 atom stereocenters. The summed E-state index contributed by atoms with van der Waals surface area (Å²) in [6.45, 7) is -0.434. The van der Waals surface area contributed by atoms with Gasteiger partial charge in [0, 0.05) is 38.0 Å². The lowest BCUT2D eigenvalue weighted by molar-refractivity contribution is -0.272. The second kappa shape index (κ2) is 7.51. The van der Waals surface area contributed by atoms with Gasteiger partial charge in [0.1, 0.15) is 5.82 Å². The molecular weight excluding hydrogens is 375 g/mol. The summed E-state index contributed by atoms with van der Waals surface area (Å²) in [7, 11) is 1.35. The number of halogens is 3. The molecule has 2 N–H and O–H groups in total. The molecule has 9 heteroatoms. The monoisotopic (exact) mass is 393 g/mol. The van der Waals surface area contributed by atoms with Crippen LogP contribution in [0.4, 0.5) is 13.2 Å². The van der Waals surface area contributed by atoms with Gasteiger partial charge in [-0.25, -0.2) is 4.98 Å². The Morgan fingerprint density at radius 2 is 1.96 bits per heavy atom. The highest BCUT2D eigenvalue weighted by Crippen LogP contribution is 2.40. The van der Waals surface area contributed by atoms with Gasteiger partial charge in [-0.3, -0.25) is 4.79 Å². The Kier molecular flexibility index (Phi) is 5.28. The number of aliphatic hydroxyl groups is 1. The molecule has 0 aliphatic carbocycles. The summed E-state index contributed by atoms with van der Waals surface area (Å²) in [5.41, 5.74) is -1.93. The molecule has 2 aromatic heterocycles. The van der Waals surface area contributed by atoms with E-state index in [0.29, 0.717) is 5.56 Å². The van der Waals surface area contributed by atoms with Crippen LogP contribution in [-0.2, 0) is 12.6 Å². The highest BCUT2D eigenvalue weighted by Gasteiger charge is 2.57. The van der Waals surface area contributed by atoms with Crippen LogP contribution >= 0.6 is 0 Å². The number of aryl methyl sites for hydroxylation is 1. The average Bonchev–Trinajstić information content (AvgIpc) is 3.30. The maximum Gasteiger partial charge on any atom is 0.424 e. The van der Waals surface area contributed by atoms with Crippen LogP contribution in [0.5, 0.6) is 0 Å². The third-order valence-corrected chi connectivity index (χ3v) is 4.39. The lowest BCUT2D eigenvalue weighted by Gasteiger charge is -2.29. The van der Waals surface area contributed by atoms with E-state index in [0.717, 1.165) is 10.1 Å². The van der Waals surface area contributed by atoms with Crippen LogP contribution in [0.2, 0.25) is 0 Å². The quantitative estimate of drug-likeness (QED) is 0.674. The van der Waals surface area contributed by atoms with Gasteiger partial charge in [-0.05, 0) is 11.6 Å². The van der Waals surface area contributed by atoms with Crippen molar-refractivity contribution < 1.29 is 27.5 Å². The first kappa shape index (κ1) is 19.7. The van der Waals surface area contributed by atoms with Gasteiger partial charge in [-0.2, -0.15) is 13.2 Å². The topological polar surface area (TPSA) is 80.3 Å². The van der Waals surface area contributed by atoms with E-state index in [1.54, 1.807) is 30.3 Å². The number of carbonyl (C=O) groups is 1. The molecule has 0 bridgehead atoms. The Hall–Kier alpha value is -3.07. The smallest absolute Gasteiger partial charge is 0.424 e. The van der Waals surface area contributed by atoms with E-state index in [2.05, 4.69) is 10.3 Å². The number of imidazole rings is 1. The lowest BCUT2D eigenvalue weighted by atomic mass is 9.97. The van der Waals surface area contributed by atoms with E-state index in [9.17, 15) is 23.1 Å². The number of aromatic nitrogens is 2. The standard InChI is InChI=1S/C19H18F3N3O3/c1-25-11-10-24-17(25)18(27,19(20,21)22)8-9-23-16(26)15-14(7-12-28-15)13-5-3-2-4-6-13/h2-7,10-12,27H,8-9H2,1H3,(H,23,26). The summed E-state index contributed by atoms with van der Waals surface area (Å²) in [6.07, 6.45) is -1.96. The van der Waals surface area contributed by atoms with Gasteiger partial charge in [-0.1, -0.05) is 30.3 Å². The minimum atomic E-state index is -4.96. The summed E-state index contributed by atoms with van der Waals surface area (Å²) in [6, 6.07) is 10.6. The maximum atomic E-state index is 13.5. The highest BCUT2D eigenvalue weighted by molar-refractivity contribution is 5.98. The lowest BCUT2D eigenvalue weighted by Crippen LogP contribution is -2.46. The number of alkyl halides is 3. The van der Waals surface area contributed by atoms with E-state index >= 15 is 0 Å². The SMILES string of the molecule is Cn1ccnc1C(O)(CCNC(=O)c1occc1-c1ccccc1)C(F)(F)F. The van der Waals surface area contributed by atoms with Crippen LogP contribution in [0.1, 0.15) is 22.8 Å². The van der Waals surface area contributed by atoms with Gasteiger partial charge >= 0.3 is 6.18 Å². The molecule has 2 heterocycles. The zero-order valence-corrected chi connectivity index (χ0v) is 14.9. The molecule has 148 valence electrons. The van der Waals surface area contributed by atoms with Crippen molar-refractivity contribution in [3.8, 4) is 11.1 Å². The molecule has 0 fully saturated rings. The third-order valence-electron chi connectivity index (χ3n) is 4.39. The van der Waals surface area contributed by atoms with Crippen molar-refractivity contribution in [2.45, 2.75) is 18.2 Å². The molecule has 0 aliphatic heterocycles. The molecule has 3 aromatic rings. The second-order valence-electron chi connectivity index (χ2n) is 6.26. The fraction of sp³-hybridized carbons (Fsp3) is 0.263. The van der Waals surface area contributed by atoms with Crippen molar-refractivity contribution in [2.24, 2.45) is 7.05 Å². The van der Waals surface area contributed by atoms with E-state index in [1.807, 2.05) is 6.07 Å². The molecule has 6 nitrogen and oxygen atoms in total. The van der Waals surface area contributed by atoms with E-state index in [-0.39, 0.29) is 5.76 Å². The minimum Gasteiger partial charge on any atom is -0.459 e. The predicted molar refractivity (Wildman–Crippen MR) is 94.3 cm³/mol. The molecule has 0 saturated heterocycles. The normalized spacial score (nSPS) is 13.9. The molecule has 0 saturated carbocycles. The zero-order chi connectivity index (χ0) is 20.4. The van der Waals surface area contributed by atoms with E-state index < -0.39 is 36.5 Å². The van der Waals surface area contributed by atoms with Crippen molar-refractivity contribution in [3.63, 3.8) is 0 Å². The van der Waals surface area contributed by atoms with Crippen molar-refractivity contribution >= 4 is 5.91 Å². The fourth-order valence-corrected chi connectivity index (χ4v) is 2.91. The number of amides is 1. The zero-order valence-electron chi connectivity index (χ0n) is 14.9. The molecular formula is C19H18F3N3O3. The Bertz CT molecular complexity index is 950. The molecule has 1 aromatic carbocycles.